The number of aliphatic hydroxyl groups excluding tert-OH is 1. The van der Waals surface area contributed by atoms with Crippen molar-refractivity contribution in [3.8, 4) is 0 Å². The van der Waals surface area contributed by atoms with Gasteiger partial charge in [0.2, 0.25) is 0 Å². The van der Waals surface area contributed by atoms with Gasteiger partial charge in [0.05, 0.1) is 12.7 Å². The zero-order valence-electron chi connectivity index (χ0n) is 9.17. The van der Waals surface area contributed by atoms with Gasteiger partial charge in [0.25, 0.3) is 0 Å². The molecule has 0 saturated carbocycles. The van der Waals surface area contributed by atoms with E-state index in [9.17, 15) is 10.0 Å². The third-order valence-corrected chi connectivity index (χ3v) is 2.61. The summed E-state index contributed by atoms with van der Waals surface area (Å²) < 4.78 is 5.05. The van der Waals surface area contributed by atoms with Crippen LogP contribution in [0.15, 0.2) is 12.3 Å². The Morgan fingerprint density at radius 3 is 2.73 bits per heavy atom. The Morgan fingerprint density at radius 2 is 2.27 bits per heavy atom. The third kappa shape index (κ3) is 1.98. The predicted molar refractivity (Wildman–Crippen MR) is 53.0 cm³/mol. The van der Waals surface area contributed by atoms with Crippen LogP contribution in [0.3, 0.4) is 0 Å². The van der Waals surface area contributed by atoms with Crippen LogP contribution in [0.25, 0.3) is 0 Å². The number of hydroxylamine groups is 2. The Labute approximate surface area is 88.9 Å². The minimum Gasteiger partial charge on any atom is -0.461 e. The summed E-state index contributed by atoms with van der Waals surface area (Å²) in [7, 11) is 0. The zero-order valence-corrected chi connectivity index (χ0v) is 9.17. The summed E-state index contributed by atoms with van der Waals surface area (Å²) >= 11 is 0. The summed E-state index contributed by atoms with van der Waals surface area (Å²) in [5, 5.41) is 19.5. The molecule has 1 aliphatic rings. The van der Waals surface area contributed by atoms with Crippen LogP contribution in [-0.4, -0.2) is 39.6 Å². The van der Waals surface area contributed by atoms with E-state index in [2.05, 4.69) is 0 Å². The first-order valence-corrected chi connectivity index (χ1v) is 4.91. The van der Waals surface area contributed by atoms with Gasteiger partial charge in [-0.15, -0.1) is 0 Å². The Morgan fingerprint density at radius 1 is 1.67 bits per heavy atom. The van der Waals surface area contributed by atoms with Crippen LogP contribution < -0.4 is 0 Å². The Hall–Kier alpha value is -1.07. The van der Waals surface area contributed by atoms with Gasteiger partial charge in [0, 0.05) is 12.1 Å². The molecular weight excluding hydrogens is 198 g/mol. The summed E-state index contributed by atoms with van der Waals surface area (Å²) in [6, 6.07) is 0. The zero-order chi connectivity index (χ0) is 11.6. The van der Waals surface area contributed by atoms with Crippen molar-refractivity contribution in [3.05, 3.63) is 12.3 Å². The first-order chi connectivity index (χ1) is 6.92. The van der Waals surface area contributed by atoms with E-state index in [1.54, 1.807) is 26.8 Å². The lowest BCUT2D eigenvalue weighted by Gasteiger charge is -2.33. The highest BCUT2D eigenvalue weighted by Gasteiger charge is 2.49. The second kappa shape index (κ2) is 4.20. The van der Waals surface area contributed by atoms with Gasteiger partial charge < -0.3 is 9.84 Å². The molecule has 0 fully saturated rings. The molecule has 1 heterocycles. The van der Waals surface area contributed by atoms with Crippen LogP contribution >= 0.6 is 0 Å². The maximum Gasteiger partial charge on any atom is 0.335 e. The third-order valence-electron chi connectivity index (χ3n) is 2.61. The van der Waals surface area contributed by atoms with Crippen molar-refractivity contribution in [1.29, 1.82) is 0 Å². The van der Waals surface area contributed by atoms with E-state index >= 15 is 0 Å². The standard InChI is InChI=1S/C10H17NO4/c1-7(2)15-9(13)10(3)8(6-12)4-5-11(10)14/h4-5,7-8,12,14H,6H2,1-3H3. The van der Waals surface area contributed by atoms with Crippen molar-refractivity contribution < 1.29 is 19.8 Å². The van der Waals surface area contributed by atoms with Crippen LogP contribution in [0.5, 0.6) is 0 Å². The summed E-state index contributed by atoms with van der Waals surface area (Å²) in [6.07, 6.45) is 2.70. The van der Waals surface area contributed by atoms with Crippen LogP contribution in [0.4, 0.5) is 0 Å². The van der Waals surface area contributed by atoms with E-state index in [1.165, 1.54) is 6.20 Å². The number of hydrogen-bond donors (Lipinski definition) is 2. The molecule has 5 nitrogen and oxygen atoms in total. The topological polar surface area (TPSA) is 70.0 Å². The SMILES string of the molecule is CC(C)OC(=O)C1(C)C(CO)C=CN1O. The molecule has 2 unspecified atom stereocenters. The van der Waals surface area contributed by atoms with Crippen molar-refractivity contribution in [1.82, 2.24) is 5.06 Å². The lowest BCUT2D eigenvalue weighted by atomic mass is 9.88. The minimum absolute atomic E-state index is 0.211. The van der Waals surface area contributed by atoms with Gasteiger partial charge in [-0.05, 0) is 20.8 Å². The normalized spacial score (nSPS) is 30.0. The average Bonchev–Trinajstić information content (AvgIpc) is 2.43. The minimum atomic E-state index is -1.22. The molecule has 0 saturated heterocycles. The number of rotatable bonds is 3. The Balaban J connectivity index is 2.84. The molecule has 5 heteroatoms. The number of hydrogen-bond acceptors (Lipinski definition) is 5. The smallest absolute Gasteiger partial charge is 0.335 e. The molecule has 15 heavy (non-hydrogen) atoms. The highest BCUT2D eigenvalue weighted by Crippen LogP contribution is 2.32. The fourth-order valence-electron chi connectivity index (χ4n) is 1.51. The molecule has 0 bridgehead atoms. The van der Waals surface area contributed by atoms with Gasteiger partial charge >= 0.3 is 5.97 Å². The highest BCUT2D eigenvalue weighted by atomic mass is 16.6. The predicted octanol–water partition coefficient (Wildman–Crippen LogP) is 0.524. The molecule has 0 spiro atoms. The number of aliphatic hydroxyl groups is 1. The van der Waals surface area contributed by atoms with Crippen molar-refractivity contribution in [3.63, 3.8) is 0 Å². The van der Waals surface area contributed by atoms with Gasteiger partial charge in [0.1, 0.15) is 0 Å². The van der Waals surface area contributed by atoms with E-state index in [0.717, 1.165) is 5.06 Å². The number of ether oxygens (including phenoxy) is 1. The van der Waals surface area contributed by atoms with E-state index in [-0.39, 0.29) is 12.7 Å². The molecule has 0 aliphatic carbocycles. The van der Waals surface area contributed by atoms with E-state index in [1.807, 2.05) is 0 Å². The van der Waals surface area contributed by atoms with Crippen molar-refractivity contribution in [2.45, 2.75) is 32.4 Å². The van der Waals surface area contributed by atoms with Crippen LogP contribution in [0.2, 0.25) is 0 Å². The second-order valence-corrected chi connectivity index (χ2v) is 4.08. The molecule has 1 aliphatic heterocycles. The molecule has 2 atom stereocenters. The molecular formula is C10H17NO4. The summed E-state index contributed by atoms with van der Waals surface area (Å²) in [5.41, 5.74) is -1.22. The van der Waals surface area contributed by atoms with E-state index in [4.69, 9.17) is 9.84 Å². The molecule has 86 valence electrons. The molecule has 0 aromatic carbocycles. The van der Waals surface area contributed by atoms with Crippen LogP contribution in [0.1, 0.15) is 20.8 Å². The van der Waals surface area contributed by atoms with Crippen molar-refractivity contribution in [2.24, 2.45) is 5.92 Å². The van der Waals surface area contributed by atoms with E-state index < -0.39 is 17.4 Å². The summed E-state index contributed by atoms with van der Waals surface area (Å²) in [4.78, 5) is 11.8. The van der Waals surface area contributed by atoms with Crippen LogP contribution in [-0.2, 0) is 9.53 Å². The summed E-state index contributed by atoms with van der Waals surface area (Å²) in [5.74, 6) is -0.988. The van der Waals surface area contributed by atoms with Gasteiger partial charge in [-0.2, -0.15) is 0 Å². The van der Waals surface area contributed by atoms with Gasteiger partial charge in [-0.3, -0.25) is 5.21 Å². The summed E-state index contributed by atoms with van der Waals surface area (Å²) in [6.45, 7) is 4.80. The maximum atomic E-state index is 11.8. The van der Waals surface area contributed by atoms with Gasteiger partial charge in [0.15, 0.2) is 5.54 Å². The van der Waals surface area contributed by atoms with Gasteiger partial charge in [-0.1, -0.05) is 6.08 Å². The Kier molecular flexibility index (Phi) is 3.36. The maximum absolute atomic E-state index is 11.8. The number of nitrogens with zero attached hydrogens (tertiary/aromatic N) is 1. The first kappa shape index (κ1) is 12.0. The first-order valence-electron chi connectivity index (χ1n) is 4.91. The van der Waals surface area contributed by atoms with Crippen molar-refractivity contribution in [2.75, 3.05) is 6.61 Å². The fraction of sp³-hybridized carbons (Fsp3) is 0.700. The molecule has 0 radical (unpaired) electrons. The van der Waals surface area contributed by atoms with Crippen LogP contribution in [0, 0.1) is 5.92 Å². The number of carbonyl (C=O) groups excluding carboxylic acids is 1. The quantitative estimate of drug-likeness (QED) is 0.672. The lowest BCUT2D eigenvalue weighted by molar-refractivity contribution is -0.188. The second-order valence-electron chi connectivity index (χ2n) is 4.08. The molecule has 2 N–H and O–H groups in total. The highest BCUT2D eigenvalue weighted by molar-refractivity contribution is 5.82. The Bertz CT molecular complexity index is 277. The van der Waals surface area contributed by atoms with Gasteiger partial charge in [-0.25, -0.2) is 9.86 Å². The number of carbonyl (C=O) groups is 1. The largest absolute Gasteiger partial charge is 0.461 e. The fourth-order valence-corrected chi connectivity index (χ4v) is 1.51. The lowest BCUT2D eigenvalue weighted by Crippen LogP contribution is -2.52. The molecule has 0 amide bonds. The molecule has 0 aromatic heterocycles. The molecule has 0 aromatic rings. The average molecular weight is 215 g/mol. The number of esters is 1. The van der Waals surface area contributed by atoms with E-state index in [0.29, 0.717) is 0 Å². The molecule has 1 rings (SSSR count). The van der Waals surface area contributed by atoms with Crippen molar-refractivity contribution >= 4 is 5.97 Å². The monoisotopic (exact) mass is 215 g/mol.